The number of hydrogen-bond acceptors (Lipinski definition) is 5. The van der Waals surface area contributed by atoms with E-state index in [4.69, 9.17) is 0 Å². The number of hydrogen-bond donors (Lipinski definition) is 1. The standard InChI is InChI=1S/C7H6N2OS2.C4H11N/c1-12(10)7-9-5-3-2-4-8-6(5)11-7;1-3-5-4-2/h2-4H,1H3;5H,3-4H2,1-2H3. The fraction of sp³-hybridized carbons (Fsp3) is 0.455. The number of pyridine rings is 1. The Balaban J connectivity index is 0.000000249. The molecular weight excluding hydrogens is 254 g/mol. The van der Waals surface area contributed by atoms with Gasteiger partial charge in [0, 0.05) is 12.5 Å². The highest BCUT2D eigenvalue weighted by Gasteiger charge is 2.05. The average Bonchev–Trinajstić information content (AvgIpc) is 2.74. The van der Waals surface area contributed by atoms with Gasteiger partial charge in [0.1, 0.15) is 10.3 Å². The lowest BCUT2D eigenvalue weighted by atomic mass is 10.5. The van der Waals surface area contributed by atoms with E-state index in [1.165, 1.54) is 11.3 Å². The summed E-state index contributed by atoms with van der Waals surface area (Å²) in [5.41, 5.74) is 0.827. The van der Waals surface area contributed by atoms with Crippen molar-refractivity contribution in [3.8, 4) is 0 Å². The van der Waals surface area contributed by atoms with Crippen LogP contribution in [0.4, 0.5) is 0 Å². The van der Waals surface area contributed by atoms with Crippen LogP contribution >= 0.6 is 11.3 Å². The van der Waals surface area contributed by atoms with E-state index in [-0.39, 0.29) is 0 Å². The summed E-state index contributed by atoms with van der Waals surface area (Å²) in [7, 11) is -0.994. The second-order valence-electron chi connectivity index (χ2n) is 3.22. The first kappa shape index (κ1) is 14.2. The molecule has 0 aliphatic carbocycles. The van der Waals surface area contributed by atoms with Crippen molar-refractivity contribution >= 4 is 32.5 Å². The molecule has 17 heavy (non-hydrogen) atoms. The smallest absolute Gasteiger partial charge is 0.183 e. The second kappa shape index (κ2) is 7.47. The molecule has 2 rings (SSSR count). The number of aromatic nitrogens is 2. The Hall–Kier alpha value is -0.850. The van der Waals surface area contributed by atoms with Gasteiger partial charge >= 0.3 is 0 Å². The summed E-state index contributed by atoms with van der Waals surface area (Å²) in [6.07, 6.45) is 3.33. The Morgan fingerprint density at radius 2 is 2.12 bits per heavy atom. The summed E-state index contributed by atoms with van der Waals surface area (Å²) >= 11 is 1.38. The molecule has 94 valence electrons. The van der Waals surface area contributed by atoms with Gasteiger partial charge < -0.3 is 5.32 Å². The Bertz CT molecular complexity index is 449. The minimum absolute atomic E-state index is 0.642. The lowest BCUT2D eigenvalue weighted by Crippen LogP contribution is -2.09. The number of rotatable bonds is 3. The van der Waals surface area contributed by atoms with Gasteiger partial charge in [-0.25, -0.2) is 9.97 Å². The van der Waals surface area contributed by atoms with E-state index in [1.807, 2.05) is 12.1 Å². The van der Waals surface area contributed by atoms with E-state index in [1.54, 1.807) is 12.5 Å². The maximum atomic E-state index is 11.0. The highest BCUT2D eigenvalue weighted by molar-refractivity contribution is 7.86. The molecule has 0 aromatic carbocycles. The number of nitrogens with zero attached hydrogens (tertiary/aromatic N) is 2. The van der Waals surface area contributed by atoms with Crippen molar-refractivity contribution in [1.29, 1.82) is 0 Å². The Labute approximate surface area is 108 Å². The van der Waals surface area contributed by atoms with Gasteiger partial charge in [-0.2, -0.15) is 0 Å². The van der Waals surface area contributed by atoms with Gasteiger partial charge in [0.25, 0.3) is 0 Å². The third kappa shape index (κ3) is 4.49. The van der Waals surface area contributed by atoms with Crippen molar-refractivity contribution in [1.82, 2.24) is 15.3 Å². The van der Waals surface area contributed by atoms with Crippen LogP contribution in [0, 0.1) is 0 Å². The third-order valence-electron chi connectivity index (χ3n) is 1.89. The molecule has 0 fully saturated rings. The van der Waals surface area contributed by atoms with E-state index in [2.05, 4.69) is 29.1 Å². The first-order valence-corrected chi connectivity index (χ1v) is 7.82. The molecule has 6 heteroatoms. The van der Waals surface area contributed by atoms with Gasteiger partial charge in [0.2, 0.25) is 0 Å². The van der Waals surface area contributed by atoms with E-state index < -0.39 is 10.8 Å². The van der Waals surface area contributed by atoms with Crippen molar-refractivity contribution in [2.45, 2.75) is 18.2 Å². The second-order valence-corrected chi connectivity index (χ2v) is 5.75. The summed E-state index contributed by atoms with van der Waals surface area (Å²) in [6.45, 7) is 6.39. The van der Waals surface area contributed by atoms with Gasteiger partial charge in [0.15, 0.2) is 4.34 Å². The van der Waals surface area contributed by atoms with Gasteiger partial charge in [-0.3, -0.25) is 4.21 Å². The van der Waals surface area contributed by atoms with Crippen LogP contribution in [0.3, 0.4) is 0 Å². The van der Waals surface area contributed by atoms with Crippen LogP contribution in [0.1, 0.15) is 13.8 Å². The minimum atomic E-state index is -0.994. The Morgan fingerprint density at radius 3 is 2.59 bits per heavy atom. The molecule has 0 saturated carbocycles. The van der Waals surface area contributed by atoms with Gasteiger partial charge in [-0.15, -0.1) is 0 Å². The van der Waals surface area contributed by atoms with Gasteiger partial charge in [-0.05, 0) is 25.2 Å². The fourth-order valence-corrected chi connectivity index (χ4v) is 2.70. The van der Waals surface area contributed by atoms with Crippen LogP contribution in [-0.2, 0) is 10.8 Å². The van der Waals surface area contributed by atoms with Crippen LogP contribution in [0.15, 0.2) is 22.7 Å². The molecule has 0 aliphatic rings. The van der Waals surface area contributed by atoms with Crippen molar-refractivity contribution in [2.75, 3.05) is 19.3 Å². The normalized spacial score (nSPS) is 11.9. The molecule has 0 radical (unpaired) electrons. The van der Waals surface area contributed by atoms with E-state index in [9.17, 15) is 4.21 Å². The molecule has 4 nitrogen and oxygen atoms in total. The molecule has 1 unspecified atom stereocenters. The van der Waals surface area contributed by atoms with Crippen LogP contribution in [-0.4, -0.2) is 33.5 Å². The van der Waals surface area contributed by atoms with Crippen LogP contribution in [0.2, 0.25) is 0 Å². The lowest BCUT2D eigenvalue weighted by molar-refractivity contribution is 0.686. The van der Waals surface area contributed by atoms with E-state index in [0.29, 0.717) is 4.34 Å². The predicted octanol–water partition coefficient (Wildman–Crippen LogP) is 2.04. The topological polar surface area (TPSA) is 54.9 Å². The highest BCUT2D eigenvalue weighted by atomic mass is 32.2. The summed E-state index contributed by atoms with van der Waals surface area (Å²) < 4.78 is 11.7. The summed E-state index contributed by atoms with van der Waals surface area (Å²) in [5.74, 6) is 0. The molecule has 0 saturated heterocycles. The molecular formula is C11H17N3OS2. The van der Waals surface area contributed by atoms with Gasteiger partial charge in [0.05, 0.1) is 10.8 Å². The third-order valence-corrected chi connectivity index (χ3v) is 4.20. The largest absolute Gasteiger partial charge is 0.317 e. The van der Waals surface area contributed by atoms with Crippen molar-refractivity contribution in [3.63, 3.8) is 0 Å². The number of thiazole rings is 1. The first-order chi connectivity index (χ1) is 8.19. The molecule has 0 bridgehead atoms. The zero-order valence-corrected chi connectivity index (χ0v) is 11.9. The number of nitrogens with one attached hydrogen (secondary N) is 1. The van der Waals surface area contributed by atoms with Crippen molar-refractivity contribution in [2.24, 2.45) is 0 Å². The molecule has 2 aromatic rings. The lowest BCUT2D eigenvalue weighted by Gasteiger charge is -1.86. The Morgan fingerprint density at radius 1 is 1.41 bits per heavy atom. The minimum Gasteiger partial charge on any atom is -0.317 e. The zero-order chi connectivity index (χ0) is 12.7. The molecule has 1 atom stereocenters. The molecule has 2 aromatic heterocycles. The highest BCUT2D eigenvalue weighted by Crippen LogP contribution is 2.20. The Kier molecular flexibility index (Phi) is 6.25. The number of fused-ring (bicyclic) bond motifs is 1. The van der Waals surface area contributed by atoms with Crippen LogP contribution in [0.25, 0.3) is 10.3 Å². The van der Waals surface area contributed by atoms with Crippen molar-refractivity contribution < 1.29 is 4.21 Å². The zero-order valence-electron chi connectivity index (χ0n) is 10.3. The SMILES string of the molecule is CCNCC.CS(=O)c1nc2cccnc2s1. The van der Waals surface area contributed by atoms with E-state index in [0.717, 1.165) is 23.4 Å². The summed E-state index contributed by atoms with van der Waals surface area (Å²) in [6, 6.07) is 3.69. The average molecular weight is 271 g/mol. The summed E-state index contributed by atoms with van der Waals surface area (Å²) in [5, 5.41) is 3.11. The monoisotopic (exact) mass is 271 g/mol. The van der Waals surface area contributed by atoms with E-state index >= 15 is 0 Å². The molecule has 0 spiro atoms. The molecule has 2 heterocycles. The maximum Gasteiger partial charge on any atom is 0.183 e. The molecule has 0 amide bonds. The summed E-state index contributed by atoms with van der Waals surface area (Å²) in [4.78, 5) is 9.12. The molecule has 0 aliphatic heterocycles. The quantitative estimate of drug-likeness (QED) is 0.928. The van der Waals surface area contributed by atoms with Crippen LogP contribution < -0.4 is 5.32 Å². The predicted molar refractivity (Wildman–Crippen MR) is 74.0 cm³/mol. The molecule has 1 N–H and O–H groups in total. The van der Waals surface area contributed by atoms with Crippen LogP contribution in [0.5, 0.6) is 0 Å². The maximum absolute atomic E-state index is 11.0. The fourth-order valence-electron chi connectivity index (χ4n) is 1.12. The first-order valence-electron chi connectivity index (χ1n) is 5.44. The van der Waals surface area contributed by atoms with Crippen molar-refractivity contribution in [3.05, 3.63) is 18.3 Å². The van der Waals surface area contributed by atoms with Gasteiger partial charge in [-0.1, -0.05) is 25.2 Å².